The zero-order chi connectivity index (χ0) is 6.04. The number of hydrogen-bond donors (Lipinski definition) is 0. The van der Waals surface area contributed by atoms with E-state index < -0.39 is 0 Å². The van der Waals surface area contributed by atoms with E-state index in [4.69, 9.17) is 0 Å². The Morgan fingerprint density at radius 1 is 1.44 bits per heavy atom. The Labute approximate surface area is 76.2 Å². The standard InChI is InChI=1S/C8H11.Zr/c1-8(2)6-4-3-5-7-8;/h4-6H,7H2,1-2H3;/q-1;. The largest absolute Gasteiger partial charge is 0.255 e. The Morgan fingerprint density at radius 2 is 2.11 bits per heavy atom. The molecule has 0 amide bonds. The first-order chi connectivity index (χ1) is 3.71. The van der Waals surface area contributed by atoms with Crippen LogP contribution < -0.4 is 0 Å². The van der Waals surface area contributed by atoms with Gasteiger partial charge in [0.1, 0.15) is 0 Å². The summed E-state index contributed by atoms with van der Waals surface area (Å²) in [5.41, 5.74) is 0.380. The first-order valence-corrected chi connectivity index (χ1v) is 2.96. The van der Waals surface area contributed by atoms with Gasteiger partial charge in [-0.15, -0.1) is 0 Å². The van der Waals surface area contributed by atoms with Crippen LogP contribution in [0.1, 0.15) is 20.3 Å². The summed E-state index contributed by atoms with van der Waals surface area (Å²) in [5.74, 6) is 0. The molecule has 0 N–H and O–H groups in total. The van der Waals surface area contributed by atoms with Gasteiger partial charge in [0.15, 0.2) is 0 Å². The number of rotatable bonds is 0. The molecule has 0 fully saturated rings. The summed E-state index contributed by atoms with van der Waals surface area (Å²) in [6.07, 6.45) is 10.4. The maximum atomic E-state index is 3.03. The van der Waals surface area contributed by atoms with Crippen LogP contribution in [-0.4, -0.2) is 0 Å². The molecule has 0 heterocycles. The molecule has 0 spiro atoms. The van der Waals surface area contributed by atoms with Crippen molar-refractivity contribution in [1.82, 2.24) is 0 Å². The molecule has 0 aromatic rings. The third-order valence-corrected chi connectivity index (χ3v) is 1.38. The fraction of sp³-hybridized carbons (Fsp3) is 0.500. The van der Waals surface area contributed by atoms with E-state index in [9.17, 15) is 0 Å². The maximum Gasteiger partial charge on any atom is 0 e. The van der Waals surface area contributed by atoms with Crippen molar-refractivity contribution >= 4 is 0 Å². The van der Waals surface area contributed by atoms with E-state index in [1.54, 1.807) is 0 Å². The second-order valence-corrected chi connectivity index (χ2v) is 2.90. The van der Waals surface area contributed by atoms with Gasteiger partial charge < -0.3 is 0 Å². The summed E-state index contributed by atoms with van der Waals surface area (Å²) >= 11 is 0. The van der Waals surface area contributed by atoms with Crippen molar-refractivity contribution in [3.8, 4) is 0 Å². The molecule has 0 saturated heterocycles. The van der Waals surface area contributed by atoms with Crippen molar-refractivity contribution in [2.24, 2.45) is 5.41 Å². The summed E-state index contributed by atoms with van der Waals surface area (Å²) in [5, 5.41) is 0. The first kappa shape index (κ1) is 9.36. The van der Waals surface area contributed by atoms with Gasteiger partial charge in [0.25, 0.3) is 0 Å². The molecule has 0 unspecified atom stereocenters. The summed E-state index contributed by atoms with van der Waals surface area (Å²) in [6, 6.07) is 0. The number of hydrogen-bond acceptors (Lipinski definition) is 0. The Hall–Kier alpha value is 0.363. The predicted octanol–water partition coefficient (Wildman–Crippen LogP) is 2.33. The second kappa shape index (κ2) is 3.51. The Morgan fingerprint density at radius 3 is 2.33 bits per heavy atom. The Kier molecular flexibility index (Phi) is 3.65. The van der Waals surface area contributed by atoms with Crippen LogP contribution in [0.4, 0.5) is 0 Å². The molecule has 0 aromatic heterocycles. The van der Waals surface area contributed by atoms with Gasteiger partial charge >= 0.3 is 0 Å². The van der Waals surface area contributed by atoms with Crippen molar-refractivity contribution in [3.05, 3.63) is 24.3 Å². The Bertz CT molecular complexity index is 132. The minimum absolute atomic E-state index is 0. The predicted molar refractivity (Wildman–Crippen MR) is 35.4 cm³/mol. The molecule has 9 heavy (non-hydrogen) atoms. The fourth-order valence-corrected chi connectivity index (χ4v) is 0.732. The summed E-state index contributed by atoms with van der Waals surface area (Å²) in [4.78, 5) is 0. The van der Waals surface area contributed by atoms with Crippen LogP contribution in [0, 0.1) is 11.5 Å². The molecule has 48 valence electrons. The van der Waals surface area contributed by atoms with Gasteiger partial charge in [-0.25, -0.2) is 12.2 Å². The van der Waals surface area contributed by atoms with Gasteiger partial charge in [-0.2, -0.15) is 6.08 Å². The average molecular weight is 198 g/mol. The SMILES string of the molecule is CC1(C)C=C[C-]=CC1.[Zr]. The molecule has 1 aliphatic rings. The van der Waals surface area contributed by atoms with Crippen molar-refractivity contribution in [1.29, 1.82) is 0 Å². The van der Waals surface area contributed by atoms with Crippen LogP contribution in [0.5, 0.6) is 0 Å². The molecule has 0 nitrogen and oxygen atoms in total. The first-order valence-electron chi connectivity index (χ1n) is 2.96. The van der Waals surface area contributed by atoms with Crippen molar-refractivity contribution in [2.45, 2.75) is 20.3 Å². The van der Waals surface area contributed by atoms with Crippen LogP contribution in [0.25, 0.3) is 0 Å². The van der Waals surface area contributed by atoms with Gasteiger partial charge in [-0.3, -0.25) is 6.08 Å². The normalized spacial score (nSPS) is 21.1. The van der Waals surface area contributed by atoms with Crippen LogP contribution in [0.2, 0.25) is 0 Å². The van der Waals surface area contributed by atoms with Crippen molar-refractivity contribution < 1.29 is 26.2 Å². The van der Waals surface area contributed by atoms with Gasteiger partial charge in [0, 0.05) is 26.2 Å². The molecule has 0 radical (unpaired) electrons. The third kappa shape index (κ3) is 3.15. The minimum atomic E-state index is 0. The smallest absolute Gasteiger partial charge is 0 e. The molecular formula is C8H11Zr-. The van der Waals surface area contributed by atoms with E-state index >= 15 is 0 Å². The molecule has 0 atom stereocenters. The molecule has 1 rings (SSSR count). The monoisotopic (exact) mass is 197 g/mol. The summed E-state index contributed by atoms with van der Waals surface area (Å²) in [7, 11) is 0. The average Bonchev–Trinajstić information content (AvgIpc) is 1.65. The quantitative estimate of drug-likeness (QED) is 0.524. The van der Waals surface area contributed by atoms with Gasteiger partial charge in [0.05, 0.1) is 0 Å². The van der Waals surface area contributed by atoms with Gasteiger partial charge in [-0.1, -0.05) is 25.7 Å². The molecular weight excluding hydrogens is 187 g/mol. The second-order valence-electron chi connectivity index (χ2n) is 2.90. The zero-order valence-corrected chi connectivity index (χ0v) is 8.40. The summed E-state index contributed by atoms with van der Waals surface area (Å²) in [6.45, 7) is 4.45. The molecule has 1 aliphatic carbocycles. The molecule has 0 bridgehead atoms. The van der Waals surface area contributed by atoms with Crippen LogP contribution in [0.3, 0.4) is 0 Å². The van der Waals surface area contributed by atoms with Gasteiger partial charge in [-0.05, 0) is 0 Å². The maximum absolute atomic E-state index is 3.03. The molecule has 0 aliphatic heterocycles. The van der Waals surface area contributed by atoms with Crippen LogP contribution >= 0.6 is 0 Å². The van der Waals surface area contributed by atoms with Crippen LogP contribution in [0.15, 0.2) is 18.2 Å². The van der Waals surface area contributed by atoms with E-state index in [2.05, 4.69) is 32.1 Å². The van der Waals surface area contributed by atoms with E-state index in [1.807, 2.05) is 6.08 Å². The molecule has 1 heteroatoms. The zero-order valence-electron chi connectivity index (χ0n) is 5.94. The number of allylic oxidation sites excluding steroid dienone is 4. The van der Waals surface area contributed by atoms with Crippen molar-refractivity contribution in [3.63, 3.8) is 0 Å². The van der Waals surface area contributed by atoms with E-state index in [1.165, 1.54) is 0 Å². The van der Waals surface area contributed by atoms with E-state index in [-0.39, 0.29) is 26.2 Å². The van der Waals surface area contributed by atoms with Crippen molar-refractivity contribution in [2.75, 3.05) is 0 Å². The van der Waals surface area contributed by atoms with E-state index in [0.29, 0.717) is 5.41 Å². The third-order valence-electron chi connectivity index (χ3n) is 1.38. The Balaban J connectivity index is 0.000000640. The van der Waals surface area contributed by atoms with Gasteiger partial charge in [0.2, 0.25) is 0 Å². The fourth-order valence-electron chi connectivity index (χ4n) is 0.732. The van der Waals surface area contributed by atoms with Crippen LogP contribution in [-0.2, 0) is 26.2 Å². The van der Waals surface area contributed by atoms with E-state index in [0.717, 1.165) is 6.42 Å². The molecule has 0 saturated carbocycles. The summed E-state index contributed by atoms with van der Waals surface area (Å²) < 4.78 is 0. The minimum Gasteiger partial charge on any atom is -0.255 e. The topological polar surface area (TPSA) is 0 Å². The molecule has 0 aromatic carbocycles.